The van der Waals surface area contributed by atoms with E-state index in [1.54, 1.807) is 0 Å². The van der Waals surface area contributed by atoms with E-state index in [1.165, 1.54) is 11.1 Å². The van der Waals surface area contributed by atoms with Crippen LogP contribution in [0.4, 0.5) is 0 Å². The number of hydrogen-bond acceptors (Lipinski definition) is 4. The fraction of sp³-hybridized carbons (Fsp3) is 0.533. The molecule has 2 aliphatic heterocycles. The summed E-state index contributed by atoms with van der Waals surface area (Å²) < 4.78 is 17.5. The van der Waals surface area contributed by atoms with Crippen molar-refractivity contribution >= 4 is 5.97 Å². The molecule has 1 saturated carbocycles. The zero-order valence-electron chi connectivity index (χ0n) is 10.6. The smallest absolute Gasteiger partial charge is 0.306 e. The second-order valence-corrected chi connectivity index (χ2v) is 5.61. The molecule has 1 spiro atoms. The highest BCUT2D eigenvalue weighted by Gasteiger charge is 2.55. The molecule has 1 aromatic carbocycles. The maximum Gasteiger partial charge on any atom is 0.306 e. The van der Waals surface area contributed by atoms with Crippen molar-refractivity contribution in [2.45, 2.75) is 44.4 Å². The molecule has 1 saturated heterocycles. The first kappa shape index (κ1) is 11.4. The van der Waals surface area contributed by atoms with E-state index in [0.29, 0.717) is 26.1 Å². The maximum atomic E-state index is 11.5. The monoisotopic (exact) mass is 260 g/mol. The van der Waals surface area contributed by atoms with Gasteiger partial charge in [0, 0.05) is 12.3 Å². The summed E-state index contributed by atoms with van der Waals surface area (Å²) in [5.41, 5.74) is 2.35. The molecule has 2 fully saturated rings. The normalized spacial score (nSPS) is 31.7. The van der Waals surface area contributed by atoms with E-state index in [9.17, 15) is 4.79 Å². The van der Waals surface area contributed by atoms with Gasteiger partial charge in [0.1, 0.15) is 6.10 Å². The molecule has 0 radical (unpaired) electrons. The van der Waals surface area contributed by atoms with Crippen LogP contribution in [0.25, 0.3) is 0 Å². The molecule has 0 amide bonds. The van der Waals surface area contributed by atoms with Gasteiger partial charge < -0.3 is 14.2 Å². The summed E-state index contributed by atoms with van der Waals surface area (Å²) in [5, 5.41) is 0. The number of carbonyl (C=O) groups excluding carboxylic acids is 1. The van der Waals surface area contributed by atoms with E-state index in [4.69, 9.17) is 14.2 Å². The van der Waals surface area contributed by atoms with Gasteiger partial charge in [-0.3, -0.25) is 4.79 Å². The molecule has 4 heteroatoms. The lowest BCUT2D eigenvalue weighted by molar-refractivity contribution is -0.262. The minimum absolute atomic E-state index is 0.0348. The molecule has 3 aliphatic rings. The topological polar surface area (TPSA) is 44.8 Å². The highest BCUT2D eigenvalue weighted by Crippen LogP contribution is 2.48. The van der Waals surface area contributed by atoms with Crippen LogP contribution in [0.15, 0.2) is 24.3 Å². The summed E-state index contributed by atoms with van der Waals surface area (Å²) >= 11 is 0. The minimum atomic E-state index is -0.629. The Morgan fingerprint density at radius 3 is 2.47 bits per heavy atom. The molecule has 2 bridgehead atoms. The molecule has 19 heavy (non-hydrogen) atoms. The van der Waals surface area contributed by atoms with Crippen LogP contribution in [0, 0.1) is 5.92 Å². The predicted molar refractivity (Wildman–Crippen MR) is 66.0 cm³/mol. The van der Waals surface area contributed by atoms with Gasteiger partial charge >= 0.3 is 5.97 Å². The summed E-state index contributed by atoms with van der Waals surface area (Å²) in [7, 11) is 0. The van der Waals surface area contributed by atoms with Gasteiger partial charge in [0.15, 0.2) is 5.79 Å². The maximum absolute atomic E-state index is 11.5. The Balaban J connectivity index is 1.63. The molecule has 0 N–H and O–H groups in total. The van der Waals surface area contributed by atoms with Crippen molar-refractivity contribution in [2.75, 3.05) is 0 Å². The largest absolute Gasteiger partial charge is 0.462 e. The average Bonchev–Trinajstić information content (AvgIpc) is 2.57. The summed E-state index contributed by atoms with van der Waals surface area (Å²) in [5.74, 6) is -0.615. The molecule has 4 nitrogen and oxygen atoms in total. The van der Waals surface area contributed by atoms with E-state index in [0.717, 1.165) is 6.42 Å². The number of carbonyl (C=O) groups is 1. The van der Waals surface area contributed by atoms with Gasteiger partial charge in [-0.05, 0) is 17.5 Å². The van der Waals surface area contributed by atoms with Crippen LogP contribution in [0.3, 0.4) is 0 Å². The highest BCUT2D eigenvalue weighted by atomic mass is 16.7. The Hall–Kier alpha value is -1.39. The second kappa shape index (κ2) is 4.05. The van der Waals surface area contributed by atoms with Crippen molar-refractivity contribution in [3.63, 3.8) is 0 Å². The Morgan fingerprint density at radius 2 is 1.79 bits per heavy atom. The quantitative estimate of drug-likeness (QED) is 0.670. The number of hydrogen-bond donors (Lipinski definition) is 0. The molecular weight excluding hydrogens is 244 g/mol. The van der Waals surface area contributed by atoms with Crippen LogP contribution in [0.1, 0.15) is 30.4 Å². The first-order chi connectivity index (χ1) is 9.25. The van der Waals surface area contributed by atoms with Crippen molar-refractivity contribution in [3.8, 4) is 0 Å². The van der Waals surface area contributed by atoms with Gasteiger partial charge in [0.25, 0.3) is 0 Å². The molecule has 2 heterocycles. The Kier molecular flexibility index (Phi) is 2.44. The van der Waals surface area contributed by atoms with Gasteiger partial charge in [-0.2, -0.15) is 0 Å². The van der Waals surface area contributed by atoms with Crippen LogP contribution >= 0.6 is 0 Å². The zero-order valence-corrected chi connectivity index (χ0v) is 10.6. The lowest BCUT2D eigenvalue weighted by Gasteiger charge is -2.32. The lowest BCUT2D eigenvalue weighted by Crippen LogP contribution is -2.39. The fourth-order valence-corrected chi connectivity index (χ4v) is 3.46. The van der Waals surface area contributed by atoms with Crippen molar-refractivity contribution in [3.05, 3.63) is 35.4 Å². The SMILES string of the molecule is O=C1C[C@@H]2C[C@@H](CC23OCc2ccccc2CO3)O1. The van der Waals surface area contributed by atoms with E-state index in [2.05, 4.69) is 12.1 Å². The Labute approximate surface area is 111 Å². The summed E-state index contributed by atoms with van der Waals surface area (Å²) in [6, 6.07) is 8.17. The van der Waals surface area contributed by atoms with Crippen LogP contribution in [0.5, 0.6) is 0 Å². The fourth-order valence-electron chi connectivity index (χ4n) is 3.46. The van der Waals surface area contributed by atoms with Crippen LogP contribution in [0.2, 0.25) is 0 Å². The summed E-state index contributed by atoms with van der Waals surface area (Å²) in [6.45, 7) is 1.10. The van der Waals surface area contributed by atoms with Gasteiger partial charge in [-0.1, -0.05) is 24.3 Å². The van der Waals surface area contributed by atoms with E-state index in [1.807, 2.05) is 12.1 Å². The van der Waals surface area contributed by atoms with Crippen LogP contribution < -0.4 is 0 Å². The third-order valence-corrected chi connectivity index (χ3v) is 4.46. The number of ether oxygens (including phenoxy) is 3. The first-order valence-corrected chi connectivity index (χ1v) is 6.79. The molecule has 0 aromatic heterocycles. The second-order valence-electron chi connectivity index (χ2n) is 5.61. The van der Waals surface area contributed by atoms with E-state index >= 15 is 0 Å². The molecule has 1 aromatic rings. The highest BCUT2D eigenvalue weighted by molar-refractivity contribution is 5.71. The summed E-state index contributed by atoms with van der Waals surface area (Å²) in [6.07, 6.45) is 1.90. The standard InChI is InChI=1S/C15H16O4/c16-14-6-12-5-13(19-14)7-15(12)17-8-10-3-1-2-4-11(10)9-18-15/h1-4,12-13H,5-9H2/t12-,13-/m0/s1. The molecule has 4 rings (SSSR count). The third-order valence-electron chi connectivity index (χ3n) is 4.46. The minimum Gasteiger partial charge on any atom is -0.462 e. The first-order valence-electron chi connectivity index (χ1n) is 6.79. The van der Waals surface area contributed by atoms with Crippen LogP contribution in [-0.2, 0) is 32.2 Å². The van der Waals surface area contributed by atoms with Gasteiger partial charge in [-0.25, -0.2) is 0 Å². The Bertz CT molecular complexity index is 498. The van der Waals surface area contributed by atoms with Crippen molar-refractivity contribution in [2.24, 2.45) is 5.92 Å². The number of fused-ring (bicyclic) bond motifs is 4. The zero-order chi connectivity index (χ0) is 12.9. The number of rotatable bonds is 0. The van der Waals surface area contributed by atoms with Crippen molar-refractivity contribution in [1.29, 1.82) is 0 Å². The number of benzene rings is 1. The summed E-state index contributed by atoms with van der Waals surface area (Å²) in [4.78, 5) is 11.5. The van der Waals surface area contributed by atoms with Crippen molar-refractivity contribution in [1.82, 2.24) is 0 Å². The number of esters is 1. The van der Waals surface area contributed by atoms with Gasteiger partial charge in [0.05, 0.1) is 19.6 Å². The van der Waals surface area contributed by atoms with E-state index < -0.39 is 5.79 Å². The third kappa shape index (κ3) is 1.78. The molecule has 1 aliphatic carbocycles. The van der Waals surface area contributed by atoms with Crippen molar-refractivity contribution < 1.29 is 19.0 Å². The molecule has 0 unspecified atom stereocenters. The molecular formula is C15H16O4. The predicted octanol–water partition coefficient (Wildman–Crippen LogP) is 2.16. The van der Waals surface area contributed by atoms with Gasteiger partial charge in [0.2, 0.25) is 0 Å². The average molecular weight is 260 g/mol. The van der Waals surface area contributed by atoms with Gasteiger partial charge in [-0.15, -0.1) is 0 Å². The van der Waals surface area contributed by atoms with Crippen LogP contribution in [-0.4, -0.2) is 17.9 Å². The molecule has 100 valence electrons. The van der Waals surface area contributed by atoms with E-state index in [-0.39, 0.29) is 18.0 Å². The lowest BCUT2D eigenvalue weighted by atomic mass is 9.97. The Morgan fingerprint density at radius 1 is 1.11 bits per heavy atom. The molecule has 2 atom stereocenters.